The molecule has 0 atom stereocenters. The summed E-state index contributed by atoms with van der Waals surface area (Å²) < 4.78 is 0. The molecular weight excluding hydrogens is 279 g/mol. The van der Waals surface area contributed by atoms with Crippen molar-refractivity contribution in [2.45, 2.75) is 0 Å². The van der Waals surface area contributed by atoms with Gasteiger partial charge in [0.25, 0.3) is 0 Å². The molecule has 1 aromatic heterocycles. The van der Waals surface area contributed by atoms with Crippen LogP contribution in [0.15, 0.2) is 54.7 Å². The Kier molecular flexibility index (Phi) is 3.28. The van der Waals surface area contributed by atoms with Crippen LogP contribution in [0.25, 0.3) is 22.4 Å². The molecule has 0 radical (unpaired) electrons. The fourth-order valence-electron chi connectivity index (χ4n) is 2.00. The highest BCUT2D eigenvalue weighted by Crippen LogP contribution is 2.34. The second kappa shape index (κ2) is 5.08. The second-order valence-corrected chi connectivity index (χ2v) is 4.99. The zero-order valence-electron chi connectivity index (χ0n) is 9.90. The highest BCUT2D eigenvalue weighted by atomic mass is 35.5. The van der Waals surface area contributed by atoms with Crippen molar-refractivity contribution in [3.05, 3.63) is 64.8 Å². The van der Waals surface area contributed by atoms with E-state index in [1.807, 2.05) is 48.5 Å². The van der Waals surface area contributed by atoms with Crippen LogP contribution in [0.5, 0.6) is 0 Å². The quantitative estimate of drug-likeness (QED) is 0.702. The maximum Gasteiger partial charge on any atom is 0.0743 e. The molecule has 0 spiro atoms. The lowest BCUT2D eigenvalue weighted by Gasteiger charge is -2.05. The molecule has 0 amide bonds. The maximum atomic E-state index is 6.23. The molecule has 2 nitrogen and oxygen atoms in total. The number of benzene rings is 2. The third kappa shape index (κ3) is 2.37. The monoisotopic (exact) mass is 288 g/mol. The Balaban J connectivity index is 2.13. The standard InChI is InChI=1S/C15H10Cl2N2/c16-11-7-5-10(6-8-11)13-9-18-19-15(13)12-3-1-2-4-14(12)17/h1-9H,(H,18,19). The number of rotatable bonds is 2. The number of nitrogens with zero attached hydrogens (tertiary/aromatic N) is 1. The van der Waals surface area contributed by atoms with Crippen LogP contribution < -0.4 is 0 Å². The Hall–Kier alpha value is -1.77. The van der Waals surface area contributed by atoms with Gasteiger partial charge in [-0.05, 0) is 23.8 Å². The fraction of sp³-hybridized carbons (Fsp3) is 0. The summed E-state index contributed by atoms with van der Waals surface area (Å²) in [5, 5.41) is 8.54. The van der Waals surface area contributed by atoms with Crippen molar-refractivity contribution in [2.24, 2.45) is 0 Å². The van der Waals surface area contributed by atoms with Gasteiger partial charge >= 0.3 is 0 Å². The van der Waals surface area contributed by atoms with Crippen molar-refractivity contribution < 1.29 is 0 Å². The number of halogens is 2. The van der Waals surface area contributed by atoms with E-state index < -0.39 is 0 Å². The number of nitrogens with one attached hydrogen (secondary N) is 1. The van der Waals surface area contributed by atoms with Gasteiger partial charge in [0.1, 0.15) is 0 Å². The molecule has 3 rings (SSSR count). The van der Waals surface area contributed by atoms with Crippen LogP contribution in [0.2, 0.25) is 10.0 Å². The summed E-state index contributed by atoms with van der Waals surface area (Å²) in [6.45, 7) is 0. The summed E-state index contributed by atoms with van der Waals surface area (Å²) in [6, 6.07) is 15.3. The summed E-state index contributed by atoms with van der Waals surface area (Å²) in [7, 11) is 0. The number of aromatic nitrogens is 2. The average Bonchev–Trinajstić information content (AvgIpc) is 2.89. The van der Waals surface area contributed by atoms with E-state index in [-0.39, 0.29) is 0 Å². The fourth-order valence-corrected chi connectivity index (χ4v) is 2.36. The lowest BCUT2D eigenvalue weighted by atomic mass is 10.0. The highest BCUT2D eigenvalue weighted by molar-refractivity contribution is 6.33. The summed E-state index contributed by atoms with van der Waals surface area (Å²) in [5.74, 6) is 0. The number of hydrogen-bond acceptors (Lipinski definition) is 1. The van der Waals surface area contributed by atoms with E-state index in [1.54, 1.807) is 6.20 Å². The summed E-state index contributed by atoms with van der Waals surface area (Å²) in [6.07, 6.45) is 1.79. The van der Waals surface area contributed by atoms with Gasteiger partial charge in [-0.3, -0.25) is 5.10 Å². The lowest BCUT2D eigenvalue weighted by Crippen LogP contribution is -1.83. The van der Waals surface area contributed by atoms with Gasteiger partial charge in [-0.2, -0.15) is 5.10 Å². The lowest BCUT2D eigenvalue weighted by molar-refractivity contribution is 1.10. The van der Waals surface area contributed by atoms with Gasteiger partial charge in [0, 0.05) is 21.2 Å². The minimum atomic E-state index is 0.696. The molecule has 0 aliphatic heterocycles. The van der Waals surface area contributed by atoms with Crippen LogP contribution in [0.4, 0.5) is 0 Å². The minimum Gasteiger partial charge on any atom is -0.277 e. The van der Waals surface area contributed by atoms with E-state index in [1.165, 1.54) is 0 Å². The molecular formula is C15H10Cl2N2. The van der Waals surface area contributed by atoms with Gasteiger partial charge in [0.2, 0.25) is 0 Å². The van der Waals surface area contributed by atoms with Crippen LogP contribution in [-0.2, 0) is 0 Å². The predicted molar refractivity (Wildman–Crippen MR) is 79.5 cm³/mol. The van der Waals surface area contributed by atoms with Crippen molar-refractivity contribution in [3.8, 4) is 22.4 Å². The average molecular weight is 289 g/mol. The van der Waals surface area contributed by atoms with E-state index in [0.29, 0.717) is 10.0 Å². The Labute approximate surface area is 121 Å². The first-order valence-electron chi connectivity index (χ1n) is 5.80. The van der Waals surface area contributed by atoms with Crippen molar-refractivity contribution in [1.82, 2.24) is 10.2 Å². The minimum absolute atomic E-state index is 0.696. The molecule has 0 fully saturated rings. The normalized spacial score (nSPS) is 10.6. The predicted octanol–water partition coefficient (Wildman–Crippen LogP) is 5.05. The van der Waals surface area contributed by atoms with Gasteiger partial charge in [-0.25, -0.2) is 0 Å². The van der Waals surface area contributed by atoms with E-state index in [2.05, 4.69) is 10.2 Å². The van der Waals surface area contributed by atoms with E-state index in [9.17, 15) is 0 Å². The number of aromatic amines is 1. The second-order valence-electron chi connectivity index (χ2n) is 4.15. The topological polar surface area (TPSA) is 28.7 Å². The third-order valence-corrected chi connectivity index (χ3v) is 3.52. The number of H-pyrrole nitrogens is 1. The molecule has 1 N–H and O–H groups in total. The molecule has 4 heteroatoms. The largest absolute Gasteiger partial charge is 0.277 e. The Morgan fingerprint density at radius 1 is 0.842 bits per heavy atom. The molecule has 0 aliphatic carbocycles. The molecule has 94 valence electrons. The first-order valence-corrected chi connectivity index (χ1v) is 6.55. The van der Waals surface area contributed by atoms with E-state index in [4.69, 9.17) is 23.2 Å². The van der Waals surface area contributed by atoms with E-state index in [0.717, 1.165) is 22.4 Å². The molecule has 3 aromatic rings. The SMILES string of the molecule is Clc1ccc(-c2cn[nH]c2-c2ccccc2Cl)cc1. The molecule has 19 heavy (non-hydrogen) atoms. The molecule has 0 saturated heterocycles. The van der Waals surface area contributed by atoms with Gasteiger partial charge in [-0.15, -0.1) is 0 Å². The Morgan fingerprint density at radius 3 is 2.32 bits per heavy atom. The van der Waals surface area contributed by atoms with Gasteiger partial charge in [0.15, 0.2) is 0 Å². The first kappa shape index (κ1) is 12.3. The van der Waals surface area contributed by atoms with Gasteiger partial charge in [0.05, 0.1) is 11.9 Å². The van der Waals surface area contributed by atoms with Gasteiger partial charge in [-0.1, -0.05) is 53.5 Å². The first-order chi connectivity index (χ1) is 9.25. The smallest absolute Gasteiger partial charge is 0.0743 e. The third-order valence-electron chi connectivity index (χ3n) is 2.94. The van der Waals surface area contributed by atoms with Crippen LogP contribution in [0.1, 0.15) is 0 Å². The Bertz CT molecular complexity index is 702. The summed E-state index contributed by atoms with van der Waals surface area (Å²) in [5.41, 5.74) is 3.90. The molecule has 0 aliphatic rings. The summed E-state index contributed by atoms with van der Waals surface area (Å²) in [4.78, 5) is 0. The van der Waals surface area contributed by atoms with Crippen molar-refractivity contribution in [1.29, 1.82) is 0 Å². The van der Waals surface area contributed by atoms with E-state index >= 15 is 0 Å². The maximum absolute atomic E-state index is 6.23. The zero-order chi connectivity index (χ0) is 13.2. The van der Waals surface area contributed by atoms with Crippen molar-refractivity contribution in [3.63, 3.8) is 0 Å². The molecule has 0 unspecified atom stereocenters. The molecule has 2 aromatic carbocycles. The number of hydrogen-bond donors (Lipinski definition) is 1. The summed E-state index contributed by atoms with van der Waals surface area (Å²) >= 11 is 12.1. The molecule has 0 saturated carbocycles. The molecule has 0 bridgehead atoms. The van der Waals surface area contributed by atoms with Crippen molar-refractivity contribution >= 4 is 23.2 Å². The zero-order valence-corrected chi connectivity index (χ0v) is 11.4. The molecule has 1 heterocycles. The Morgan fingerprint density at radius 2 is 1.58 bits per heavy atom. The van der Waals surface area contributed by atoms with Crippen molar-refractivity contribution in [2.75, 3.05) is 0 Å². The van der Waals surface area contributed by atoms with Crippen LogP contribution in [0.3, 0.4) is 0 Å². The van der Waals surface area contributed by atoms with Crippen LogP contribution in [0, 0.1) is 0 Å². The highest BCUT2D eigenvalue weighted by Gasteiger charge is 2.12. The van der Waals surface area contributed by atoms with Crippen LogP contribution >= 0.6 is 23.2 Å². The van der Waals surface area contributed by atoms with Crippen LogP contribution in [-0.4, -0.2) is 10.2 Å². The van der Waals surface area contributed by atoms with Gasteiger partial charge < -0.3 is 0 Å².